The van der Waals surface area contributed by atoms with E-state index in [0.717, 1.165) is 184 Å². The predicted molar refractivity (Wildman–Crippen MR) is 477 cm³/mol. The topological polar surface area (TPSA) is 46.2 Å². The first-order valence-electron chi connectivity index (χ1n) is 39.5. The number of ether oxygens (including phenoxy) is 5. The van der Waals surface area contributed by atoms with Gasteiger partial charge in [0.25, 0.3) is 33.6 Å². The number of hydrogen-bond donors (Lipinski definition) is 0. The van der Waals surface area contributed by atoms with Crippen LogP contribution < -0.4 is 106 Å². The number of fused-ring (bicyclic) bond motifs is 14. The fraction of sp³-hybridized carbons (Fsp3) is 0.0192. The normalized spacial score (nSPS) is 12.9. The molecule has 0 atom stereocenters. The van der Waals surface area contributed by atoms with E-state index in [1.807, 2.05) is 0 Å². The zero-order valence-corrected chi connectivity index (χ0v) is 62.8. The molecule has 0 fully saturated rings. The minimum atomic E-state index is -0.446. The van der Waals surface area contributed by atoms with Crippen molar-refractivity contribution < 1.29 is 23.7 Å². The van der Waals surface area contributed by atoms with Gasteiger partial charge in [-0.15, -0.1) is 0 Å². The van der Waals surface area contributed by atoms with Crippen LogP contribution in [0.25, 0.3) is 66.8 Å². The van der Waals surface area contributed by atoms with Crippen LogP contribution in [-0.4, -0.2) is 33.6 Å². The SMILES string of the molecule is Cc1cccc(-c2ccccc2)c1B1c2ccccc2Oc2c1ccc1c2B(c2c(C)cccc2-c2cccc(-c3ccc4c(c3)Oc3c5c(c6c(c3B4c3ccccc3-c3ccccc3)Oc3ccccc3B6c3ccccc3-c3ccccc3)Oc3ccccc3B5c3ccccc3-c3ccccc3)c2)c2ccccc2O1. The maximum absolute atomic E-state index is 8.19. The van der Waals surface area contributed by atoms with Crippen LogP contribution in [0.15, 0.2) is 382 Å². The van der Waals surface area contributed by atoms with Crippen LogP contribution in [-0.2, 0) is 0 Å². The van der Waals surface area contributed by atoms with Crippen molar-refractivity contribution in [3.8, 4) is 124 Å². The van der Waals surface area contributed by atoms with Crippen molar-refractivity contribution in [2.45, 2.75) is 13.8 Å². The first-order chi connectivity index (χ1) is 56.4. The van der Waals surface area contributed by atoms with E-state index < -0.39 is 13.4 Å². The van der Waals surface area contributed by atoms with Gasteiger partial charge in [0.15, 0.2) is 0 Å². The fourth-order valence-electron chi connectivity index (χ4n) is 19.4. The highest BCUT2D eigenvalue weighted by Gasteiger charge is 2.51. The molecule has 10 heteroatoms. The second-order valence-electron chi connectivity index (χ2n) is 30.6. The van der Waals surface area contributed by atoms with E-state index in [9.17, 15) is 0 Å². The summed E-state index contributed by atoms with van der Waals surface area (Å²) in [6, 6.07) is 138. The van der Waals surface area contributed by atoms with Gasteiger partial charge in [0.2, 0.25) is 0 Å². The monoisotopic (exact) mass is 1450 g/mol. The molecule has 5 heterocycles. The van der Waals surface area contributed by atoms with Gasteiger partial charge in [-0.1, -0.05) is 378 Å². The van der Waals surface area contributed by atoms with Crippen molar-refractivity contribution in [2.75, 3.05) is 0 Å². The minimum absolute atomic E-state index is 0.148. The van der Waals surface area contributed by atoms with E-state index >= 15 is 0 Å². The van der Waals surface area contributed by atoms with Gasteiger partial charge in [0.05, 0.1) is 0 Å². The van der Waals surface area contributed by atoms with E-state index in [2.05, 4.69) is 396 Å². The largest absolute Gasteiger partial charge is 0.459 e. The molecule has 0 bridgehead atoms. The molecule has 5 aliphatic rings. The maximum atomic E-state index is 8.19. The van der Waals surface area contributed by atoms with Gasteiger partial charge in [-0.05, 0) is 156 Å². The molecule has 0 unspecified atom stereocenters. The van der Waals surface area contributed by atoms with Gasteiger partial charge in [0, 0.05) is 21.9 Å². The zero-order chi connectivity index (χ0) is 75.5. The van der Waals surface area contributed by atoms with Gasteiger partial charge in [-0.2, -0.15) is 0 Å². The zero-order valence-electron chi connectivity index (χ0n) is 62.8. The predicted octanol–water partition coefficient (Wildman–Crippen LogP) is 15.4. The van der Waals surface area contributed by atoms with Crippen LogP contribution >= 0.6 is 0 Å². The molecule has 0 saturated heterocycles. The van der Waals surface area contributed by atoms with Gasteiger partial charge in [-0.3, -0.25) is 0 Å². The number of benzene rings is 17. The van der Waals surface area contributed by atoms with E-state index in [0.29, 0.717) is 5.75 Å². The Kier molecular flexibility index (Phi) is 16.2. The summed E-state index contributed by atoms with van der Waals surface area (Å²) in [5.74, 6) is 7.74. The third kappa shape index (κ3) is 10.9. The molecule has 5 nitrogen and oxygen atoms in total. The first-order valence-corrected chi connectivity index (χ1v) is 39.5. The quantitative estimate of drug-likeness (QED) is 0.121. The number of para-hydroxylation sites is 4. The Bertz CT molecular complexity index is 6700. The van der Waals surface area contributed by atoms with E-state index in [1.165, 1.54) is 27.6 Å². The average Bonchev–Trinajstić information content (AvgIpc) is 0.806. The van der Waals surface area contributed by atoms with Crippen molar-refractivity contribution in [2.24, 2.45) is 0 Å². The second kappa shape index (κ2) is 27.5. The summed E-state index contributed by atoms with van der Waals surface area (Å²) >= 11 is 0. The smallest absolute Gasteiger partial charge is 0.256 e. The molecule has 5 aliphatic heterocycles. The van der Waals surface area contributed by atoms with Crippen molar-refractivity contribution in [3.05, 3.63) is 393 Å². The lowest BCUT2D eigenvalue weighted by molar-refractivity contribution is 0.453. The summed E-state index contributed by atoms with van der Waals surface area (Å²) in [5, 5.41) is 0. The van der Waals surface area contributed by atoms with Crippen molar-refractivity contribution >= 4 is 116 Å². The molecule has 114 heavy (non-hydrogen) atoms. The number of rotatable bonds is 11. The molecule has 0 aromatic heterocycles. The van der Waals surface area contributed by atoms with Crippen molar-refractivity contribution in [1.82, 2.24) is 0 Å². The lowest BCUT2D eigenvalue weighted by Gasteiger charge is -2.40. The van der Waals surface area contributed by atoms with E-state index in [-0.39, 0.29) is 20.1 Å². The van der Waals surface area contributed by atoms with Gasteiger partial charge in [0.1, 0.15) is 57.5 Å². The summed E-state index contributed by atoms with van der Waals surface area (Å²) < 4.78 is 38.4. The van der Waals surface area contributed by atoms with Gasteiger partial charge >= 0.3 is 0 Å². The minimum Gasteiger partial charge on any atom is -0.459 e. The summed E-state index contributed by atoms with van der Waals surface area (Å²) in [7, 11) is 0. The Morgan fingerprint density at radius 1 is 0.158 bits per heavy atom. The molecular formula is C104H69B5O5. The van der Waals surface area contributed by atoms with Crippen molar-refractivity contribution in [3.63, 3.8) is 0 Å². The van der Waals surface area contributed by atoms with Crippen LogP contribution in [0.5, 0.6) is 57.5 Å². The highest BCUT2D eigenvalue weighted by molar-refractivity contribution is 7.05. The van der Waals surface area contributed by atoms with Crippen LogP contribution in [0, 0.1) is 13.8 Å². The molecule has 0 saturated carbocycles. The first kappa shape index (κ1) is 67.0. The van der Waals surface area contributed by atoms with Crippen LogP contribution in [0.3, 0.4) is 0 Å². The second-order valence-corrected chi connectivity index (χ2v) is 30.6. The molecule has 530 valence electrons. The Morgan fingerprint density at radius 3 is 0.921 bits per heavy atom. The lowest BCUT2D eigenvalue weighted by Crippen LogP contribution is -2.66. The molecule has 17 aromatic carbocycles. The third-order valence-electron chi connectivity index (χ3n) is 24.3. The molecule has 0 aliphatic carbocycles. The summed E-state index contributed by atoms with van der Waals surface area (Å²) in [6.07, 6.45) is 0. The van der Waals surface area contributed by atoms with E-state index in [4.69, 9.17) is 23.7 Å². The summed E-state index contributed by atoms with van der Waals surface area (Å²) in [4.78, 5) is 0. The Balaban J connectivity index is 0.758. The number of aryl methyl sites for hydroxylation is 2. The van der Waals surface area contributed by atoms with Gasteiger partial charge < -0.3 is 23.7 Å². The highest BCUT2D eigenvalue weighted by atomic mass is 16.5. The average molecular weight is 1450 g/mol. The number of hydrogen-bond acceptors (Lipinski definition) is 5. The van der Waals surface area contributed by atoms with Gasteiger partial charge in [-0.25, -0.2) is 0 Å². The molecule has 0 spiro atoms. The third-order valence-corrected chi connectivity index (χ3v) is 24.3. The lowest BCUT2D eigenvalue weighted by atomic mass is 9.28. The van der Waals surface area contributed by atoms with Crippen molar-refractivity contribution in [1.29, 1.82) is 0 Å². The highest BCUT2D eigenvalue weighted by Crippen LogP contribution is 2.43. The molecule has 0 radical (unpaired) electrons. The standard InChI is InChI=1S/C104H69B5O5/c1-66-32-29-47-78(71-40-13-6-14-41-71)95(66)108-85-54-23-26-57-90(85)111-101-88(108)62-63-93-97(101)109(86-55-24-25-56-89(86)110-93)96-67(2)33-30-48-79(96)74-43-31-42-72(64-74)73-60-61-87-94(65-73)114-104-99-102(112-92-59-28-22-53-84(92)106(99)81-50-19-16-45-76(81)69-36-9-4-10-37-69)98-103(100(104)107(87)82-51-20-17-46-77(82)70-38-11-5-12-39-70)113-91-58-27-21-52-83(91)105(98)80-49-18-15-44-75(80)68-34-7-3-8-35-68/h3-65H,1-2H3. The molecule has 0 amide bonds. The molecule has 22 rings (SSSR count). The molecular weight excluding hydrogens is 1380 g/mol. The summed E-state index contributed by atoms with van der Waals surface area (Å²) in [5.41, 5.74) is 31.8. The fourth-order valence-corrected chi connectivity index (χ4v) is 19.4. The maximum Gasteiger partial charge on any atom is 0.256 e. The van der Waals surface area contributed by atoms with E-state index in [1.54, 1.807) is 0 Å². The molecule has 17 aromatic rings. The Hall–Kier alpha value is -13.9. The van der Waals surface area contributed by atoms with Crippen LogP contribution in [0.4, 0.5) is 0 Å². The summed E-state index contributed by atoms with van der Waals surface area (Å²) in [6.45, 7) is 2.84. The molecule has 0 N–H and O–H groups in total. The van der Waals surface area contributed by atoms with Crippen LogP contribution in [0.2, 0.25) is 0 Å². The van der Waals surface area contributed by atoms with Crippen LogP contribution in [0.1, 0.15) is 11.1 Å². The Morgan fingerprint density at radius 2 is 0.456 bits per heavy atom. The Labute approximate surface area is 666 Å².